The number of thiophene rings is 1. The minimum atomic E-state index is 0.00481. The first-order valence-electron chi connectivity index (χ1n) is 7.14. The van der Waals surface area contributed by atoms with Crippen molar-refractivity contribution in [2.24, 2.45) is 5.92 Å². The lowest BCUT2D eigenvalue weighted by molar-refractivity contribution is 0.244. The molecule has 1 aromatic carbocycles. The van der Waals surface area contributed by atoms with Crippen LogP contribution in [0.2, 0.25) is 0 Å². The highest BCUT2D eigenvalue weighted by atomic mass is 32.1. The maximum atomic E-state index is 9.56. The summed E-state index contributed by atoms with van der Waals surface area (Å²) >= 11 is 1.74. The number of nitrogens with one attached hydrogen (secondary N) is 1. The average molecular weight is 289 g/mol. The van der Waals surface area contributed by atoms with E-state index < -0.39 is 0 Å². The van der Waals surface area contributed by atoms with Crippen LogP contribution in [0.5, 0.6) is 0 Å². The first-order chi connectivity index (χ1) is 9.69. The zero-order valence-electron chi connectivity index (χ0n) is 12.2. The smallest absolute Gasteiger partial charge is 0.0626 e. The molecular weight excluding hydrogens is 266 g/mol. The summed E-state index contributed by atoms with van der Waals surface area (Å²) in [7, 11) is 0. The van der Waals surface area contributed by atoms with Gasteiger partial charge >= 0.3 is 0 Å². The summed E-state index contributed by atoms with van der Waals surface area (Å²) in [5, 5.41) is 15.0. The highest BCUT2D eigenvalue weighted by Gasteiger charge is 2.10. The molecule has 0 radical (unpaired) electrons. The molecule has 2 N–H and O–H groups in total. The number of aliphatic hydroxyl groups excluding tert-OH is 1. The summed E-state index contributed by atoms with van der Waals surface area (Å²) in [5.41, 5.74) is 2.51. The van der Waals surface area contributed by atoms with Crippen molar-refractivity contribution in [1.82, 2.24) is 5.32 Å². The van der Waals surface area contributed by atoms with E-state index in [0.717, 1.165) is 18.5 Å². The molecule has 0 saturated heterocycles. The van der Waals surface area contributed by atoms with Gasteiger partial charge in [-0.2, -0.15) is 0 Å². The monoisotopic (exact) mass is 289 g/mol. The van der Waals surface area contributed by atoms with Gasteiger partial charge in [0.1, 0.15) is 0 Å². The van der Waals surface area contributed by atoms with Gasteiger partial charge in [0.15, 0.2) is 0 Å². The molecular formula is C17H23NOS. The minimum Gasteiger partial charge on any atom is -0.394 e. The van der Waals surface area contributed by atoms with Gasteiger partial charge < -0.3 is 10.4 Å². The van der Waals surface area contributed by atoms with Crippen molar-refractivity contribution < 1.29 is 5.11 Å². The van der Waals surface area contributed by atoms with Crippen LogP contribution >= 0.6 is 11.3 Å². The fraction of sp³-hybridized carbons (Fsp3) is 0.412. The Balaban J connectivity index is 1.96. The number of aliphatic hydroxyl groups is 1. The van der Waals surface area contributed by atoms with Crippen LogP contribution < -0.4 is 5.32 Å². The Labute approximate surface area is 125 Å². The first kappa shape index (κ1) is 15.2. The molecule has 2 aromatic rings. The summed E-state index contributed by atoms with van der Waals surface area (Å²) in [6, 6.07) is 12.8. The molecule has 0 spiro atoms. The lowest BCUT2D eigenvalue weighted by atomic mass is 9.99. The molecule has 0 aliphatic rings. The normalized spacial score (nSPS) is 12.8. The molecule has 0 bridgehead atoms. The van der Waals surface area contributed by atoms with Gasteiger partial charge in [0, 0.05) is 11.4 Å². The Hall–Kier alpha value is -1.16. The van der Waals surface area contributed by atoms with Gasteiger partial charge in [0.2, 0.25) is 0 Å². The fourth-order valence-electron chi connectivity index (χ4n) is 2.28. The molecule has 0 aliphatic heterocycles. The van der Waals surface area contributed by atoms with Gasteiger partial charge in [0.25, 0.3) is 0 Å². The predicted molar refractivity (Wildman–Crippen MR) is 86.0 cm³/mol. The maximum Gasteiger partial charge on any atom is 0.0626 e. The SMILES string of the molecule is CC(C)Cc1ccc(C(CO)NCc2cccs2)cc1. The number of hydrogen-bond acceptors (Lipinski definition) is 3. The summed E-state index contributed by atoms with van der Waals surface area (Å²) in [6.07, 6.45) is 1.10. The quantitative estimate of drug-likeness (QED) is 0.813. The Kier molecular flexibility index (Phi) is 5.77. The van der Waals surface area contributed by atoms with Crippen molar-refractivity contribution >= 4 is 11.3 Å². The van der Waals surface area contributed by atoms with Crippen LogP contribution in [0.15, 0.2) is 41.8 Å². The maximum absolute atomic E-state index is 9.56. The second-order valence-electron chi connectivity index (χ2n) is 5.53. The largest absolute Gasteiger partial charge is 0.394 e. The Bertz CT molecular complexity index is 490. The summed E-state index contributed by atoms with van der Waals surface area (Å²) in [4.78, 5) is 1.29. The van der Waals surface area contributed by atoms with E-state index in [1.54, 1.807) is 11.3 Å². The molecule has 1 atom stereocenters. The van der Waals surface area contributed by atoms with Crippen LogP contribution in [0, 0.1) is 5.92 Å². The molecule has 1 unspecified atom stereocenters. The van der Waals surface area contributed by atoms with Crippen molar-refractivity contribution in [3.05, 3.63) is 57.8 Å². The van der Waals surface area contributed by atoms with Gasteiger partial charge in [-0.25, -0.2) is 0 Å². The number of hydrogen-bond donors (Lipinski definition) is 2. The molecule has 0 saturated carbocycles. The van der Waals surface area contributed by atoms with E-state index in [1.807, 2.05) is 0 Å². The summed E-state index contributed by atoms with van der Waals surface area (Å²) in [6.45, 7) is 5.38. The second kappa shape index (κ2) is 7.58. The van der Waals surface area contributed by atoms with E-state index in [1.165, 1.54) is 10.4 Å². The standard InChI is InChI=1S/C17H23NOS/c1-13(2)10-14-5-7-15(8-6-14)17(12-19)18-11-16-4-3-9-20-16/h3-9,13,17-19H,10-12H2,1-2H3. The lowest BCUT2D eigenvalue weighted by Crippen LogP contribution is -2.23. The van der Waals surface area contributed by atoms with Gasteiger partial charge in [-0.3, -0.25) is 0 Å². The highest BCUT2D eigenvalue weighted by molar-refractivity contribution is 7.09. The number of benzene rings is 1. The summed E-state index contributed by atoms with van der Waals surface area (Å²) in [5.74, 6) is 0.673. The summed E-state index contributed by atoms with van der Waals surface area (Å²) < 4.78 is 0. The third-order valence-corrected chi connectivity index (χ3v) is 4.19. The zero-order valence-corrected chi connectivity index (χ0v) is 13.0. The van der Waals surface area contributed by atoms with E-state index in [9.17, 15) is 5.11 Å². The van der Waals surface area contributed by atoms with Gasteiger partial charge in [-0.1, -0.05) is 44.2 Å². The van der Waals surface area contributed by atoms with E-state index in [-0.39, 0.29) is 12.6 Å². The van der Waals surface area contributed by atoms with Crippen molar-refractivity contribution in [1.29, 1.82) is 0 Å². The second-order valence-corrected chi connectivity index (χ2v) is 6.57. The van der Waals surface area contributed by atoms with Crippen molar-refractivity contribution in [2.45, 2.75) is 32.9 Å². The fourth-order valence-corrected chi connectivity index (χ4v) is 2.94. The highest BCUT2D eigenvalue weighted by Crippen LogP contribution is 2.17. The predicted octanol–water partition coefficient (Wildman–Crippen LogP) is 3.77. The molecule has 1 aromatic heterocycles. The van der Waals surface area contributed by atoms with E-state index >= 15 is 0 Å². The van der Waals surface area contributed by atoms with Crippen LogP contribution in [-0.4, -0.2) is 11.7 Å². The van der Waals surface area contributed by atoms with Crippen LogP contribution in [0.25, 0.3) is 0 Å². The molecule has 1 heterocycles. The Morgan fingerprint density at radius 2 is 1.90 bits per heavy atom. The van der Waals surface area contributed by atoms with Crippen LogP contribution in [-0.2, 0) is 13.0 Å². The van der Waals surface area contributed by atoms with Crippen molar-refractivity contribution in [3.8, 4) is 0 Å². The van der Waals surface area contributed by atoms with Crippen LogP contribution in [0.3, 0.4) is 0 Å². The average Bonchev–Trinajstić information content (AvgIpc) is 2.94. The van der Waals surface area contributed by atoms with Crippen LogP contribution in [0.4, 0.5) is 0 Å². The van der Waals surface area contributed by atoms with Gasteiger partial charge in [0.05, 0.1) is 12.6 Å². The molecule has 0 aliphatic carbocycles. The Morgan fingerprint density at radius 3 is 2.45 bits per heavy atom. The molecule has 0 fully saturated rings. The molecule has 0 amide bonds. The molecule has 2 nitrogen and oxygen atoms in total. The van der Waals surface area contributed by atoms with Gasteiger partial charge in [-0.05, 0) is 34.9 Å². The third-order valence-electron chi connectivity index (χ3n) is 3.31. The Morgan fingerprint density at radius 1 is 1.15 bits per heavy atom. The molecule has 2 rings (SSSR count). The van der Waals surface area contributed by atoms with Crippen molar-refractivity contribution in [3.63, 3.8) is 0 Å². The van der Waals surface area contributed by atoms with Crippen molar-refractivity contribution in [2.75, 3.05) is 6.61 Å². The van der Waals surface area contributed by atoms with E-state index in [0.29, 0.717) is 5.92 Å². The molecule has 3 heteroatoms. The van der Waals surface area contributed by atoms with Crippen LogP contribution in [0.1, 0.15) is 35.9 Å². The number of rotatable bonds is 7. The molecule has 20 heavy (non-hydrogen) atoms. The molecule has 108 valence electrons. The van der Waals surface area contributed by atoms with Gasteiger partial charge in [-0.15, -0.1) is 11.3 Å². The lowest BCUT2D eigenvalue weighted by Gasteiger charge is -2.17. The third kappa shape index (κ3) is 4.44. The minimum absolute atomic E-state index is 0.00481. The van der Waals surface area contributed by atoms with E-state index in [2.05, 4.69) is 60.9 Å². The first-order valence-corrected chi connectivity index (χ1v) is 8.02. The van der Waals surface area contributed by atoms with E-state index in [4.69, 9.17) is 0 Å². The topological polar surface area (TPSA) is 32.3 Å². The zero-order chi connectivity index (χ0) is 14.4.